The van der Waals surface area contributed by atoms with Gasteiger partial charge < -0.3 is 10.2 Å². The molecule has 0 aliphatic carbocycles. The summed E-state index contributed by atoms with van der Waals surface area (Å²) in [6, 6.07) is 0. The van der Waals surface area contributed by atoms with E-state index in [1.54, 1.807) is 0 Å². The third kappa shape index (κ3) is 2930. The number of hydrogen-bond donors (Lipinski definition) is 4. The van der Waals surface area contributed by atoms with Crippen molar-refractivity contribution >= 4 is 16.6 Å². The van der Waals surface area contributed by atoms with Crippen molar-refractivity contribution < 1.29 is 49.6 Å². The van der Waals surface area contributed by atoms with Crippen LogP contribution in [0.4, 0.5) is 4.79 Å². The van der Waals surface area contributed by atoms with E-state index in [1.165, 1.54) is 0 Å². The monoisotopic (exact) mass is 215 g/mol. The molecular formula is CH4MnO7S. The Labute approximate surface area is 66.7 Å². The molecule has 10 heavy (non-hydrogen) atoms. The maximum atomic E-state index is 8.74. The van der Waals surface area contributed by atoms with E-state index in [1.807, 2.05) is 0 Å². The molecule has 63 valence electrons. The first kappa shape index (κ1) is 16.3. The first-order valence-corrected chi connectivity index (χ1v) is 2.75. The molecule has 0 aromatic rings. The van der Waals surface area contributed by atoms with Crippen LogP contribution in [0, 0.1) is 0 Å². The second kappa shape index (κ2) is 6.77. The molecule has 1 radical (unpaired) electrons. The summed E-state index contributed by atoms with van der Waals surface area (Å²) >= 11 is 0. The number of carbonyl (C=O) groups is 1. The maximum Gasteiger partial charge on any atom is 0.503 e. The van der Waals surface area contributed by atoms with Crippen LogP contribution >= 0.6 is 0 Å². The van der Waals surface area contributed by atoms with E-state index >= 15 is 0 Å². The van der Waals surface area contributed by atoms with Gasteiger partial charge in [-0.15, -0.1) is 0 Å². The van der Waals surface area contributed by atoms with E-state index in [0.717, 1.165) is 0 Å². The van der Waals surface area contributed by atoms with Gasteiger partial charge in [-0.2, -0.15) is 8.42 Å². The molecule has 0 saturated carbocycles. The van der Waals surface area contributed by atoms with E-state index in [9.17, 15) is 0 Å². The Bertz CT molecular complexity index is 156. The van der Waals surface area contributed by atoms with Crippen LogP contribution in [0.15, 0.2) is 0 Å². The molecule has 0 fully saturated rings. The summed E-state index contributed by atoms with van der Waals surface area (Å²) in [5.41, 5.74) is 0. The van der Waals surface area contributed by atoms with Gasteiger partial charge in [-0.25, -0.2) is 4.79 Å². The standard InChI is InChI=1S/CH2O3.Mn.H2O4S/c2-1(3)4;;1-5(2,3)4/h(H2,2,3,4);;(H2,1,2,3,4). The minimum Gasteiger partial charge on any atom is -0.450 e. The normalized spacial score (nSPS) is 8.20. The Morgan fingerprint density at radius 3 is 1.10 bits per heavy atom. The predicted octanol–water partition coefficient (Wildman–Crippen LogP) is -0.433. The van der Waals surface area contributed by atoms with Gasteiger partial charge in [0.15, 0.2) is 0 Å². The molecule has 0 bridgehead atoms. The molecule has 0 aromatic heterocycles. The van der Waals surface area contributed by atoms with E-state index in [2.05, 4.69) is 0 Å². The molecule has 0 aliphatic heterocycles. The van der Waals surface area contributed by atoms with Crippen molar-refractivity contribution in [3.8, 4) is 0 Å². The van der Waals surface area contributed by atoms with Crippen LogP contribution in [0.1, 0.15) is 0 Å². The molecule has 7 nitrogen and oxygen atoms in total. The van der Waals surface area contributed by atoms with Gasteiger partial charge in [-0.05, 0) is 0 Å². The molecule has 0 spiro atoms. The summed E-state index contributed by atoms with van der Waals surface area (Å²) in [5.74, 6) is 0. The van der Waals surface area contributed by atoms with Gasteiger partial charge in [0.1, 0.15) is 0 Å². The zero-order chi connectivity index (χ0) is 8.08. The molecule has 0 aliphatic rings. The number of carboxylic acid groups (broad SMARTS) is 2. The van der Waals surface area contributed by atoms with Crippen LogP contribution in [-0.4, -0.2) is 33.9 Å². The minimum atomic E-state index is -4.67. The van der Waals surface area contributed by atoms with Crippen molar-refractivity contribution in [3.63, 3.8) is 0 Å². The molecule has 0 rings (SSSR count). The van der Waals surface area contributed by atoms with Crippen molar-refractivity contribution in [2.75, 3.05) is 0 Å². The van der Waals surface area contributed by atoms with Crippen LogP contribution in [0.5, 0.6) is 0 Å². The van der Waals surface area contributed by atoms with E-state index in [-0.39, 0.29) is 17.1 Å². The number of rotatable bonds is 0. The van der Waals surface area contributed by atoms with Gasteiger partial charge in [-0.1, -0.05) is 0 Å². The first-order valence-electron chi connectivity index (χ1n) is 1.35. The zero-order valence-corrected chi connectivity index (χ0v) is 6.30. The van der Waals surface area contributed by atoms with Crippen LogP contribution < -0.4 is 0 Å². The van der Waals surface area contributed by atoms with Crippen LogP contribution in [0.25, 0.3) is 0 Å². The molecule has 0 unspecified atom stereocenters. The van der Waals surface area contributed by atoms with Gasteiger partial charge >= 0.3 is 16.6 Å². The average Bonchev–Trinajstić information content (AvgIpc) is 1.19. The summed E-state index contributed by atoms with van der Waals surface area (Å²) in [4.78, 5) is 8.56. The average molecular weight is 215 g/mol. The fraction of sp³-hybridized carbons (Fsp3) is 0. The molecule has 0 aromatic carbocycles. The third-order valence-corrected chi connectivity index (χ3v) is 0. The molecule has 0 amide bonds. The molecule has 9 heteroatoms. The summed E-state index contributed by atoms with van der Waals surface area (Å²) in [6.07, 6.45) is -1.83. The molecule has 4 N–H and O–H groups in total. The second-order valence-electron chi connectivity index (χ2n) is 0.730. The van der Waals surface area contributed by atoms with E-state index < -0.39 is 16.6 Å². The van der Waals surface area contributed by atoms with Gasteiger partial charge in [0.25, 0.3) is 0 Å². The van der Waals surface area contributed by atoms with Gasteiger partial charge in [0.05, 0.1) is 0 Å². The Morgan fingerprint density at radius 2 is 1.10 bits per heavy atom. The quantitative estimate of drug-likeness (QED) is 0.318. The van der Waals surface area contributed by atoms with Crippen molar-refractivity contribution in [3.05, 3.63) is 0 Å². The Balaban J connectivity index is -0.0000000910. The van der Waals surface area contributed by atoms with Crippen molar-refractivity contribution in [1.82, 2.24) is 0 Å². The SMILES string of the molecule is O=C(O)O.O=S(=O)(O)O.[Mn]. The fourth-order valence-electron chi connectivity index (χ4n) is 0. The van der Waals surface area contributed by atoms with Crippen molar-refractivity contribution in [2.45, 2.75) is 0 Å². The fourth-order valence-corrected chi connectivity index (χ4v) is 0. The van der Waals surface area contributed by atoms with Gasteiger partial charge in [0.2, 0.25) is 0 Å². The topological polar surface area (TPSA) is 132 Å². The Kier molecular flexibility index (Phi) is 11.1. The van der Waals surface area contributed by atoms with Crippen molar-refractivity contribution in [2.24, 2.45) is 0 Å². The molecule has 0 atom stereocenters. The molecule has 0 heterocycles. The maximum absolute atomic E-state index is 8.74. The predicted molar refractivity (Wildman–Crippen MR) is 24.8 cm³/mol. The van der Waals surface area contributed by atoms with Crippen molar-refractivity contribution in [1.29, 1.82) is 0 Å². The Hall–Kier alpha value is -0.341. The number of hydrogen-bond acceptors (Lipinski definition) is 3. The van der Waals surface area contributed by atoms with Crippen LogP contribution in [0.3, 0.4) is 0 Å². The second-order valence-corrected chi connectivity index (χ2v) is 1.63. The summed E-state index contributed by atoms with van der Waals surface area (Å²) in [7, 11) is -4.67. The first-order chi connectivity index (χ1) is 3.73. The third-order valence-electron chi connectivity index (χ3n) is 0. The van der Waals surface area contributed by atoms with E-state index in [4.69, 9.17) is 32.5 Å². The van der Waals surface area contributed by atoms with Crippen LogP contribution in [-0.2, 0) is 27.5 Å². The van der Waals surface area contributed by atoms with Crippen LogP contribution in [0.2, 0.25) is 0 Å². The summed E-state index contributed by atoms with van der Waals surface area (Å²) in [6.45, 7) is 0. The zero-order valence-electron chi connectivity index (χ0n) is 4.30. The van der Waals surface area contributed by atoms with Gasteiger partial charge in [0, 0.05) is 17.1 Å². The Morgan fingerprint density at radius 1 is 1.10 bits per heavy atom. The van der Waals surface area contributed by atoms with Gasteiger partial charge in [-0.3, -0.25) is 9.11 Å². The smallest absolute Gasteiger partial charge is 0.450 e. The largest absolute Gasteiger partial charge is 0.503 e. The van der Waals surface area contributed by atoms with E-state index in [0.29, 0.717) is 0 Å². The summed E-state index contributed by atoms with van der Waals surface area (Å²) < 4.78 is 31.6. The molecule has 0 saturated heterocycles. The minimum absolute atomic E-state index is 0. The summed E-state index contributed by atoms with van der Waals surface area (Å²) in [5, 5.41) is 13.9. The molecular weight excluding hydrogens is 211 g/mol.